The van der Waals surface area contributed by atoms with Crippen molar-refractivity contribution < 1.29 is 42.2 Å². The Hall–Kier alpha value is -3.86. The summed E-state index contributed by atoms with van der Waals surface area (Å²) in [6, 6.07) is 9.44. The molecule has 3 amide bonds. The molecule has 0 radical (unpaired) electrons. The Bertz CT molecular complexity index is 1070. The van der Waals surface area contributed by atoms with Gasteiger partial charge < -0.3 is 19.5 Å². The first-order chi connectivity index (χ1) is 15.8. The van der Waals surface area contributed by atoms with E-state index < -0.39 is 36.9 Å². The van der Waals surface area contributed by atoms with Crippen LogP contribution in [0.25, 0.3) is 0 Å². The fourth-order valence-electron chi connectivity index (χ4n) is 3.16. The Morgan fingerprint density at radius 3 is 2.52 bits per heavy atom. The molecule has 1 aliphatic rings. The second kappa shape index (κ2) is 10.6. The Morgan fingerprint density at radius 2 is 1.79 bits per heavy atom. The van der Waals surface area contributed by atoms with Gasteiger partial charge in [0.15, 0.2) is 6.61 Å². The molecule has 0 unspecified atom stereocenters. The number of hydrogen-bond acceptors (Lipinski definition) is 7. The molecule has 1 heterocycles. The van der Waals surface area contributed by atoms with Crippen molar-refractivity contribution in [2.45, 2.75) is 13.0 Å². The number of anilines is 1. The largest absolute Gasteiger partial charge is 0.452 e. The molecule has 174 valence electrons. The average molecular weight is 462 g/mol. The Balaban J connectivity index is 1.61. The summed E-state index contributed by atoms with van der Waals surface area (Å²) in [5, 5.41) is 2.32. The zero-order chi connectivity index (χ0) is 24.0. The summed E-state index contributed by atoms with van der Waals surface area (Å²) < 4.78 is 39.1. The number of nitrogens with zero attached hydrogens (tertiary/aromatic N) is 1. The molecule has 0 fully saturated rings. The molecule has 33 heavy (non-hydrogen) atoms. The summed E-state index contributed by atoms with van der Waals surface area (Å²) in [4.78, 5) is 50.4. The van der Waals surface area contributed by atoms with Gasteiger partial charge in [-0.25, -0.2) is 4.79 Å². The molecular weight excluding hydrogens is 442 g/mol. The molecule has 0 saturated heterocycles. The first-order valence-corrected chi connectivity index (χ1v) is 9.81. The van der Waals surface area contributed by atoms with E-state index in [2.05, 4.69) is 10.1 Å². The molecule has 1 aliphatic heterocycles. The standard InChI is InChI=1S/C22H20F2N2O7/c1-31-10-4-9-26-19(28)14-8-7-13(11-15(14)20(26)29)21(30)32-12-18(27)25-16-5-2-3-6-17(16)33-22(23)24/h2-3,5-8,11,22H,4,9-10,12H2,1H3,(H,25,27). The number of halogens is 2. The van der Waals surface area contributed by atoms with Crippen LogP contribution in [-0.4, -0.2) is 62.1 Å². The Labute approximate surface area is 187 Å². The van der Waals surface area contributed by atoms with Crippen molar-refractivity contribution in [3.63, 3.8) is 0 Å². The van der Waals surface area contributed by atoms with Crippen molar-refractivity contribution in [2.24, 2.45) is 0 Å². The molecule has 0 aromatic heterocycles. The predicted octanol–water partition coefficient (Wildman–Crippen LogP) is 2.72. The molecule has 0 aliphatic carbocycles. The number of imide groups is 1. The van der Waals surface area contributed by atoms with Crippen LogP contribution < -0.4 is 10.1 Å². The first kappa shape index (κ1) is 23.8. The third-order valence-electron chi connectivity index (χ3n) is 4.65. The third-order valence-corrected chi connectivity index (χ3v) is 4.65. The van der Waals surface area contributed by atoms with Crippen LogP contribution in [-0.2, 0) is 14.3 Å². The zero-order valence-corrected chi connectivity index (χ0v) is 17.5. The van der Waals surface area contributed by atoms with Crippen LogP contribution in [0.3, 0.4) is 0 Å². The Kier molecular flexibility index (Phi) is 7.67. The highest BCUT2D eigenvalue weighted by Gasteiger charge is 2.35. The maximum absolute atomic E-state index is 12.5. The van der Waals surface area contributed by atoms with Crippen molar-refractivity contribution >= 4 is 29.4 Å². The number of rotatable bonds is 10. The number of benzene rings is 2. The normalized spacial score (nSPS) is 12.7. The van der Waals surface area contributed by atoms with Crippen molar-refractivity contribution in [1.29, 1.82) is 0 Å². The lowest BCUT2D eigenvalue weighted by molar-refractivity contribution is -0.119. The van der Waals surface area contributed by atoms with Crippen molar-refractivity contribution in [3.8, 4) is 5.75 Å². The van der Waals surface area contributed by atoms with Gasteiger partial charge in [0.25, 0.3) is 17.7 Å². The van der Waals surface area contributed by atoms with Crippen LogP contribution in [0.4, 0.5) is 14.5 Å². The highest BCUT2D eigenvalue weighted by Crippen LogP contribution is 2.26. The maximum atomic E-state index is 12.5. The quantitative estimate of drug-likeness (QED) is 0.328. The number of esters is 1. The van der Waals surface area contributed by atoms with E-state index in [1.165, 1.54) is 49.6 Å². The topological polar surface area (TPSA) is 111 Å². The summed E-state index contributed by atoms with van der Waals surface area (Å²) in [5.41, 5.74) is 0.189. The van der Waals surface area contributed by atoms with E-state index >= 15 is 0 Å². The smallest absolute Gasteiger partial charge is 0.387 e. The van der Waals surface area contributed by atoms with Gasteiger partial charge in [0.2, 0.25) is 0 Å². The van der Waals surface area contributed by atoms with Crippen LogP contribution in [0.1, 0.15) is 37.5 Å². The Morgan fingerprint density at radius 1 is 1.06 bits per heavy atom. The average Bonchev–Trinajstić information content (AvgIpc) is 3.03. The SMILES string of the molecule is COCCCN1C(=O)c2ccc(C(=O)OCC(=O)Nc3ccccc3OC(F)F)cc2C1=O. The molecule has 2 aromatic rings. The maximum Gasteiger partial charge on any atom is 0.387 e. The molecule has 2 aromatic carbocycles. The van der Waals surface area contributed by atoms with Gasteiger partial charge in [0.05, 0.1) is 22.4 Å². The van der Waals surface area contributed by atoms with E-state index in [1.807, 2.05) is 0 Å². The number of carbonyl (C=O) groups excluding carboxylic acids is 4. The van der Waals surface area contributed by atoms with Crippen molar-refractivity contribution in [3.05, 3.63) is 59.2 Å². The monoisotopic (exact) mass is 462 g/mol. The van der Waals surface area contributed by atoms with Crippen LogP contribution in [0.15, 0.2) is 42.5 Å². The van der Waals surface area contributed by atoms with Gasteiger partial charge in [-0.3, -0.25) is 19.3 Å². The molecular formula is C22H20F2N2O7. The van der Waals surface area contributed by atoms with Crippen molar-refractivity contribution in [2.75, 3.05) is 32.2 Å². The molecule has 1 N–H and O–H groups in total. The third kappa shape index (κ3) is 5.69. The minimum Gasteiger partial charge on any atom is -0.452 e. The lowest BCUT2D eigenvalue weighted by atomic mass is 10.1. The van der Waals surface area contributed by atoms with Crippen LogP contribution >= 0.6 is 0 Å². The number of hydrogen-bond donors (Lipinski definition) is 1. The molecule has 9 nitrogen and oxygen atoms in total. The lowest BCUT2D eigenvalue weighted by Gasteiger charge is -2.12. The fraction of sp³-hybridized carbons (Fsp3) is 0.273. The number of alkyl halides is 2. The number of carbonyl (C=O) groups is 4. The van der Waals surface area contributed by atoms with Gasteiger partial charge in [0, 0.05) is 20.3 Å². The van der Waals surface area contributed by atoms with Crippen LogP contribution in [0, 0.1) is 0 Å². The van der Waals surface area contributed by atoms with E-state index in [0.717, 1.165) is 4.90 Å². The van der Waals surface area contributed by atoms with E-state index in [9.17, 15) is 28.0 Å². The van der Waals surface area contributed by atoms with Crippen LogP contribution in [0.5, 0.6) is 5.75 Å². The van der Waals surface area contributed by atoms with E-state index in [0.29, 0.717) is 13.0 Å². The number of nitrogens with one attached hydrogen (secondary N) is 1. The zero-order valence-electron chi connectivity index (χ0n) is 17.5. The van der Waals surface area contributed by atoms with Gasteiger partial charge in [-0.1, -0.05) is 12.1 Å². The molecule has 0 atom stereocenters. The highest BCUT2D eigenvalue weighted by molar-refractivity contribution is 6.22. The van der Waals surface area contributed by atoms with E-state index in [-0.39, 0.29) is 34.7 Å². The number of methoxy groups -OCH3 is 1. The number of ether oxygens (including phenoxy) is 3. The van der Waals surface area contributed by atoms with Gasteiger partial charge in [0.1, 0.15) is 5.75 Å². The molecule has 11 heteroatoms. The van der Waals surface area contributed by atoms with Gasteiger partial charge >= 0.3 is 12.6 Å². The summed E-state index contributed by atoms with van der Waals surface area (Å²) >= 11 is 0. The van der Waals surface area contributed by atoms with Gasteiger partial charge in [-0.2, -0.15) is 8.78 Å². The highest BCUT2D eigenvalue weighted by atomic mass is 19.3. The summed E-state index contributed by atoms with van der Waals surface area (Å²) in [5.74, 6) is -2.93. The summed E-state index contributed by atoms with van der Waals surface area (Å²) in [6.45, 7) is -3.23. The lowest BCUT2D eigenvalue weighted by Crippen LogP contribution is -2.31. The van der Waals surface area contributed by atoms with Gasteiger partial charge in [-0.15, -0.1) is 0 Å². The number of para-hydroxylation sites is 2. The van der Waals surface area contributed by atoms with Crippen LogP contribution in [0.2, 0.25) is 0 Å². The number of amides is 3. The minimum atomic E-state index is -3.08. The second-order valence-corrected chi connectivity index (χ2v) is 6.87. The summed E-state index contributed by atoms with van der Waals surface area (Å²) in [7, 11) is 1.51. The molecule has 0 spiro atoms. The van der Waals surface area contributed by atoms with Gasteiger partial charge in [-0.05, 0) is 36.8 Å². The fourth-order valence-corrected chi connectivity index (χ4v) is 3.16. The second-order valence-electron chi connectivity index (χ2n) is 6.87. The molecule has 0 bridgehead atoms. The van der Waals surface area contributed by atoms with E-state index in [1.54, 1.807) is 0 Å². The number of fused-ring (bicyclic) bond motifs is 1. The summed E-state index contributed by atoms with van der Waals surface area (Å²) in [6.07, 6.45) is 0.470. The minimum absolute atomic E-state index is 0.0194. The van der Waals surface area contributed by atoms with E-state index in [4.69, 9.17) is 9.47 Å². The predicted molar refractivity (Wildman–Crippen MR) is 110 cm³/mol. The van der Waals surface area contributed by atoms with Crippen molar-refractivity contribution in [1.82, 2.24) is 4.90 Å². The first-order valence-electron chi connectivity index (χ1n) is 9.81. The molecule has 0 saturated carbocycles. The molecule has 3 rings (SSSR count).